The first-order chi connectivity index (χ1) is 11.1. The molecule has 9 nitrogen and oxygen atoms in total. The van der Waals surface area contributed by atoms with Crippen LogP contribution in [0, 0.1) is 0 Å². The van der Waals surface area contributed by atoms with Gasteiger partial charge < -0.3 is 10.4 Å². The number of carbonyl (C=O) groups excluding carboxylic acids is 2. The van der Waals surface area contributed by atoms with Gasteiger partial charge in [-0.25, -0.2) is 0 Å². The van der Waals surface area contributed by atoms with Gasteiger partial charge in [0.2, 0.25) is 5.82 Å². The number of nitrogens with zero attached hydrogens (tertiary/aromatic N) is 4. The second kappa shape index (κ2) is 6.15. The number of aromatic amines is 1. The number of hydrogen-bond acceptors (Lipinski definition) is 7. The predicted octanol–water partition coefficient (Wildman–Crippen LogP) is 0.177. The highest BCUT2D eigenvalue weighted by molar-refractivity contribution is 6.31. The van der Waals surface area contributed by atoms with Crippen molar-refractivity contribution in [1.82, 2.24) is 25.5 Å². The Hall–Kier alpha value is -2.78. The van der Waals surface area contributed by atoms with Gasteiger partial charge in [-0.3, -0.25) is 14.5 Å². The number of nitrogens with one attached hydrogen (secondary N) is 2. The molecule has 118 valence electrons. The normalized spacial score (nSPS) is 14.3. The maximum absolute atomic E-state index is 12.2. The summed E-state index contributed by atoms with van der Waals surface area (Å²) in [6.45, 7) is -0.365. The van der Waals surface area contributed by atoms with Gasteiger partial charge in [-0.15, -0.1) is 10.2 Å². The SMILES string of the molecule is O=C1C=C(Nc2cc(Cl)ccc2-c2nn[nH]n2)C(=O)N1CCO. The Bertz CT molecular complexity index is 789. The van der Waals surface area contributed by atoms with Crippen LogP contribution in [0.2, 0.25) is 5.02 Å². The van der Waals surface area contributed by atoms with Gasteiger partial charge in [-0.05, 0) is 23.4 Å². The molecule has 23 heavy (non-hydrogen) atoms. The lowest BCUT2D eigenvalue weighted by Gasteiger charge is -2.14. The highest BCUT2D eigenvalue weighted by atomic mass is 35.5. The Balaban J connectivity index is 1.92. The monoisotopic (exact) mass is 334 g/mol. The molecule has 0 spiro atoms. The molecule has 2 heterocycles. The van der Waals surface area contributed by atoms with Crippen LogP contribution in [-0.2, 0) is 9.59 Å². The van der Waals surface area contributed by atoms with Gasteiger partial charge in [0.15, 0.2) is 0 Å². The third-order valence-electron chi connectivity index (χ3n) is 3.17. The minimum atomic E-state index is -0.525. The molecule has 1 aliphatic rings. The van der Waals surface area contributed by atoms with E-state index < -0.39 is 11.8 Å². The summed E-state index contributed by atoms with van der Waals surface area (Å²) in [5.74, 6) is -0.702. The average molecular weight is 335 g/mol. The van der Waals surface area contributed by atoms with Gasteiger partial charge in [0.1, 0.15) is 5.70 Å². The number of amides is 2. The van der Waals surface area contributed by atoms with Gasteiger partial charge in [-0.1, -0.05) is 11.6 Å². The zero-order valence-corrected chi connectivity index (χ0v) is 12.4. The second-order valence-corrected chi connectivity index (χ2v) is 5.06. The number of H-pyrrole nitrogens is 1. The molecular weight excluding hydrogens is 324 g/mol. The molecule has 3 N–H and O–H groups in total. The molecule has 0 saturated heterocycles. The fourth-order valence-corrected chi connectivity index (χ4v) is 2.32. The second-order valence-electron chi connectivity index (χ2n) is 4.63. The smallest absolute Gasteiger partial charge is 0.277 e. The summed E-state index contributed by atoms with van der Waals surface area (Å²) in [4.78, 5) is 24.9. The van der Waals surface area contributed by atoms with Crippen molar-refractivity contribution in [3.8, 4) is 11.4 Å². The van der Waals surface area contributed by atoms with Crippen LogP contribution in [0.5, 0.6) is 0 Å². The van der Waals surface area contributed by atoms with Crippen molar-refractivity contribution in [1.29, 1.82) is 0 Å². The van der Waals surface area contributed by atoms with Crippen molar-refractivity contribution in [2.45, 2.75) is 0 Å². The van der Waals surface area contributed by atoms with Gasteiger partial charge in [0.25, 0.3) is 11.8 Å². The number of aliphatic hydroxyl groups excluding tert-OH is 1. The number of halogens is 1. The molecule has 10 heteroatoms. The molecule has 0 saturated carbocycles. The molecular formula is C13H11ClN6O3. The number of anilines is 1. The molecule has 0 fully saturated rings. The summed E-state index contributed by atoms with van der Waals surface area (Å²) >= 11 is 5.99. The Morgan fingerprint density at radius 3 is 2.87 bits per heavy atom. The number of carbonyl (C=O) groups is 2. The number of hydrogen-bond donors (Lipinski definition) is 3. The Kier molecular flexibility index (Phi) is 4.04. The van der Waals surface area contributed by atoms with Crippen molar-refractivity contribution in [2.75, 3.05) is 18.5 Å². The lowest BCUT2D eigenvalue weighted by Crippen LogP contribution is -2.34. The minimum Gasteiger partial charge on any atom is -0.395 e. The van der Waals surface area contributed by atoms with Crippen LogP contribution in [-0.4, -0.2) is 55.6 Å². The number of β-amino-alcohol motifs (C(OH)–C–C–N with tert-alkyl or cyclic N) is 1. The van der Waals surface area contributed by atoms with Gasteiger partial charge in [0.05, 0.1) is 18.8 Å². The number of tetrazole rings is 1. The van der Waals surface area contributed by atoms with Crippen molar-refractivity contribution < 1.29 is 14.7 Å². The molecule has 0 radical (unpaired) electrons. The topological polar surface area (TPSA) is 124 Å². The van der Waals surface area contributed by atoms with E-state index >= 15 is 0 Å². The van der Waals surface area contributed by atoms with Crippen molar-refractivity contribution in [2.24, 2.45) is 0 Å². The molecule has 0 atom stereocenters. The number of imide groups is 1. The van der Waals surface area contributed by atoms with Crippen LogP contribution in [0.3, 0.4) is 0 Å². The minimum absolute atomic E-state index is 0.0629. The van der Waals surface area contributed by atoms with Gasteiger partial charge in [0, 0.05) is 16.7 Å². The molecule has 1 aromatic carbocycles. The number of aromatic nitrogens is 4. The van der Waals surface area contributed by atoms with E-state index in [1.807, 2.05) is 0 Å². The van der Waals surface area contributed by atoms with Crippen molar-refractivity contribution >= 4 is 29.1 Å². The molecule has 0 aliphatic carbocycles. The molecule has 1 aliphatic heterocycles. The Labute approximate surface area is 134 Å². The summed E-state index contributed by atoms with van der Waals surface area (Å²) in [6, 6.07) is 4.90. The van der Waals surface area contributed by atoms with Crippen LogP contribution >= 0.6 is 11.6 Å². The maximum Gasteiger partial charge on any atom is 0.277 e. The summed E-state index contributed by atoms with van der Waals surface area (Å²) in [6.07, 6.45) is 1.17. The summed E-state index contributed by atoms with van der Waals surface area (Å²) in [5, 5.41) is 25.8. The third kappa shape index (κ3) is 2.91. The zero-order chi connectivity index (χ0) is 16.4. The molecule has 2 aromatic rings. The molecule has 2 amide bonds. The number of rotatable bonds is 5. The van der Waals surface area contributed by atoms with E-state index in [2.05, 4.69) is 25.9 Å². The van der Waals surface area contributed by atoms with Crippen LogP contribution in [0.25, 0.3) is 11.4 Å². The first-order valence-electron chi connectivity index (χ1n) is 6.59. The fourth-order valence-electron chi connectivity index (χ4n) is 2.15. The molecule has 0 bridgehead atoms. The summed E-state index contributed by atoms with van der Waals surface area (Å²) in [7, 11) is 0. The largest absolute Gasteiger partial charge is 0.395 e. The highest BCUT2D eigenvalue weighted by Gasteiger charge is 2.31. The first-order valence-corrected chi connectivity index (χ1v) is 6.96. The molecule has 1 aromatic heterocycles. The van der Waals surface area contributed by atoms with Crippen LogP contribution in [0.4, 0.5) is 5.69 Å². The van der Waals surface area contributed by atoms with Gasteiger partial charge in [-0.2, -0.15) is 5.21 Å². The zero-order valence-electron chi connectivity index (χ0n) is 11.7. The lowest BCUT2D eigenvalue weighted by molar-refractivity contribution is -0.137. The van der Waals surface area contributed by atoms with Crippen molar-refractivity contribution in [3.63, 3.8) is 0 Å². The van der Waals surface area contributed by atoms with E-state index in [1.54, 1.807) is 18.2 Å². The quantitative estimate of drug-likeness (QED) is 0.666. The Morgan fingerprint density at radius 2 is 2.17 bits per heavy atom. The molecule has 3 rings (SSSR count). The standard InChI is InChI=1S/C13H11ClN6O3/c14-7-1-2-8(12-16-18-19-17-12)9(5-7)15-10-6-11(22)20(3-4-21)13(10)23/h1-2,5-6,15,21H,3-4H2,(H,16,17,18,19). The number of benzene rings is 1. The van der Waals surface area contributed by atoms with E-state index in [4.69, 9.17) is 16.7 Å². The van der Waals surface area contributed by atoms with Crippen molar-refractivity contribution in [3.05, 3.63) is 35.0 Å². The summed E-state index contributed by atoms with van der Waals surface area (Å²) < 4.78 is 0. The van der Waals surface area contributed by atoms with Crippen LogP contribution < -0.4 is 5.32 Å². The Morgan fingerprint density at radius 1 is 1.35 bits per heavy atom. The van der Waals surface area contributed by atoms with Gasteiger partial charge >= 0.3 is 0 Å². The van der Waals surface area contributed by atoms with E-state index in [-0.39, 0.29) is 18.8 Å². The fraction of sp³-hybridized carbons (Fsp3) is 0.154. The molecule has 0 unspecified atom stereocenters. The first kappa shape index (κ1) is 15.1. The van der Waals surface area contributed by atoms with Crippen LogP contribution in [0.15, 0.2) is 30.0 Å². The van der Waals surface area contributed by atoms with E-state index in [0.717, 1.165) is 4.90 Å². The predicted molar refractivity (Wildman–Crippen MR) is 80.1 cm³/mol. The van der Waals surface area contributed by atoms with Crippen LogP contribution in [0.1, 0.15) is 0 Å². The van der Waals surface area contributed by atoms with E-state index in [9.17, 15) is 9.59 Å². The maximum atomic E-state index is 12.2. The highest BCUT2D eigenvalue weighted by Crippen LogP contribution is 2.30. The average Bonchev–Trinajstić information content (AvgIpc) is 3.13. The van der Waals surface area contributed by atoms with E-state index in [0.29, 0.717) is 22.1 Å². The van der Waals surface area contributed by atoms with E-state index in [1.165, 1.54) is 6.08 Å². The summed E-state index contributed by atoms with van der Waals surface area (Å²) in [5.41, 5.74) is 1.09. The number of aliphatic hydroxyl groups is 1. The lowest BCUT2D eigenvalue weighted by atomic mass is 10.1. The third-order valence-corrected chi connectivity index (χ3v) is 3.41.